The summed E-state index contributed by atoms with van der Waals surface area (Å²) in [7, 11) is 0. The normalized spacial score (nSPS) is 14.5. The van der Waals surface area contributed by atoms with Crippen molar-refractivity contribution < 1.29 is 19.1 Å². The van der Waals surface area contributed by atoms with Crippen molar-refractivity contribution in [2.75, 3.05) is 13.2 Å². The molecule has 0 saturated carbocycles. The molecule has 4 aromatic rings. The van der Waals surface area contributed by atoms with Crippen LogP contribution in [0.5, 0.6) is 11.5 Å². The quantitative estimate of drug-likeness (QED) is 0.209. The number of halogens is 2. The number of ether oxygens (including phenoxy) is 2. The molecule has 0 unspecified atom stereocenters. The number of carbonyl (C=O) groups excluding carboxylic acids is 2. The van der Waals surface area contributed by atoms with Gasteiger partial charge in [0.15, 0.2) is 0 Å². The molecule has 1 heterocycles. The third kappa shape index (κ3) is 5.93. The fraction of sp³-hybridized carbons (Fsp3) is 0.103. The molecule has 0 radical (unpaired) electrons. The van der Waals surface area contributed by atoms with Crippen LogP contribution in [-0.4, -0.2) is 29.2 Å². The van der Waals surface area contributed by atoms with E-state index >= 15 is 0 Å². The van der Waals surface area contributed by atoms with Gasteiger partial charge in [0.25, 0.3) is 11.1 Å². The number of hydrogen-bond donors (Lipinski definition) is 0. The minimum atomic E-state index is -0.325. The Morgan fingerprint density at radius 1 is 0.865 bits per heavy atom. The highest BCUT2D eigenvalue weighted by Gasteiger charge is 2.34. The number of nitrogens with zero attached hydrogens (tertiary/aromatic N) is 1. The van der Waals surface area contributed by atoms with Gasteiger partial charge in [0, 0.05) is 21.0 Å². The van der Waals surface area contributed by atoms with Crippen LogP contribution in [0.2, 0.25) is 10.0 Å². The first-order valence-electron chi connectivity index (χ1n) is 11.5. The maximum Gasteiger partial charge on any atom is 0.293 e. The molecular weight excluding hydrogens is 529 g/mol. The molecule has 8 heteroatoms. The van der Waals surface area contributed by atoms with Gasteiger partial charge in [0.2, 0.25) is 0 Å². The smallest absolute Gasteiger partial charge is 0.293 e. The van der Waals surface area contributed by atoms with Crippen molar-refractivity contribution in [3.63, 3.8) is 0 Å². The Kier molecular flexibility index (Phi) is 7.70. The zero-order valence-electron chi connectivity index (χ0n) is 19.5. The lowest BCUT2D eigenvalue weighted by atomic mass is 10.1. The highest BCUT2D eigenvalue weighted by Crippen LogP contribution is 2.33. The van der Waals surface area contributed by atoms with Crippen molar-refractivity contribution in [3.05, 3.63) is 111 Å². The van der Waals surface area contributed by atoms with Crippen LogP contribution in [0.15, 0.2) is 89.8 Å². The van der Waals surface area contributed by atoms with Gasteiger partial charge in [0.1, 0.15) is 24.7 Å². The lowest BCUT2D eigenvalue weighted by Gasteiger charge is -2.14. The van der Waals surface area contributed by atoms with E-state index in [1.807, 2.05) is 60.7 Å². The minimum absolute atomic E-state index is 0.172. The molecular formula is C29H21Cl2NO4S. The van der Waals surface area contributed by atoms with Crippen molar-refractivity contribution in [2.24, 2.45) is 0 Å². The summed E-state index contributed by atoms with van der Waals surface area (Å²) in [5.74, 6) is 1.05. The Bertz CT molecular complexity index is 1500. The van der Waals surface area contributed by atoms with E-state index in [0.29, 0.717) is 27.3 Å². The Morgan fingerprint density at radius 2 is 1.65 bits per heavy atom. The first-order chi connectivity index (χ1) is 18.0. The number of rotatable bonds is 8. The molecule has 0 spiro atoms. The van der Waals surface area contributed by atoms with Crippen LogP contribution in [-0.2, 0) is 11.4 Å². The molecule has 1 aliphatic rings. The average Bonchev–Trinajstić information content (AvgIpc) is 3.16. The largest absolute Gasteiger partial charge is 0.491 e. The summed E-state index contributed by atoms with van der Waals surface area (Å²) in [5.41, 5.74) is 1.61. The minimum Gasteiger partial charge on any atom is -0.491 e. The second-order valence-corrected chi connectivity index (χ2v) is 10.1. The van der Waals surface area contributed by atoms with E-state index in [-0.39, 0.29) is 24.3 Å². The summed E-state index contributed by atoms with van der Waals surface area (Å²) in [6.07, 6.45) is 1.70. The standard InChI is InChI=1S/C29H21Cl2NO4S/c30-22-11-10-21(25(31)17-22)18-36-23-12-8-19(9-13-23)16-27-28(33)32(29(34)37-27)14-15-35-26-7-3-5-20-4-1-2-6-24(20)26/h1-13,16-17H,14-15,18H2/b27-16-. The van der Waals surface area contributed by atoms with E-state index in [2.05, 4.69) is 0 Å². The van der Waals surface area contributed by atoms with Crippen molar-refractivity contribution >= 4 is 63.0 Å². The first-order valence-corrected chi connectivity index (χ1v) is 13.1. The summed E-state index contributed by atoms with van der Waals surface area (Å²) < 4.78 is 11.7. The molecule has 1 saturated heterocycles. The van der Waals surface area contributed by atoms with Crippen molar-refractivity contribution in [1.82, 2.24) is 4.90 Å². The van der Waals surface area contributed by atoms with Gasteiger partial charge >= 0.3 is 0 Å². The SMILES string of the molecule is O=C1S/C(=C\c2ccc(OCc3ccc(Cl)cc3Cl)cc2)C(=O)N1CCOc1cccc2ccccc12. The van der Waals surface area contributed by atoms with Crippen LogP contribution in [0.1, 0.15) is 11.1 Å². The third-order valence-corrected chi connectivity index (χ3v) is 7.28. The predicted molar refractivity (Wildman–Crippen MR) is 149 cm³/mol. The van der Waals surface area contributed by atoms with E-state index < -0.39 is 0 Å². The monoisotopic (exact) mass is 549 g/mol. The Hall–Kier alpha value is -3.45. The molecule has 0 N–H and O–H groups in total. The zero-order valence-corrected chi connectivity index (χ0v) is 21.9. The predicted octanol–water partition coefficient (Wildman–Crippen LogP) is 7.84. The summed E-state index contributed by atoms with van der Waals surface area (Å²) >= 11 is 13.1. The van der Waals surface area contributed by atoms with Crippen molar-refractivity contribution in [1.29, 1.82) is 0 Å². The number of carbonyl (C=O) groups is 2. The molecule has 4 aromatic carbocycles. The van der Waals surface area contributed by atoms with Gasteiger partial charge in [-0.3, -0.25) is 14.5 Å². The first kappa shape index (κ1) is 25.2. The number of imide groups is 1. The molecule has 5 nitrogen and oxygen atoms in total. The van der Waals surface area contributed by atoms with Gasteiger partial charge < -0.3 is 9.47 Å². The second kappa shape index (κ2) is 11.3. The van der Waals surface area contributed by atoms with Crippen LogP contribution in [0.3, 0.4) is 0 Å². The van der Waals surface area contributed by atoms with Crippen LogP contribution in [0.25, 0.3) is 16.8 Å². The van der Waals surface area contributed by atoms with Gasteiger partial charge in [-0.05, 0) is 59.1 Å². The molecule has 186 valence electrons. The van der Waals surface area contributed by atoms with E-state index in [4.69, 9.17) is 32.7 Å². The Morgan fingerprint density at radius 3 is 2.46 bits per heavy atom. The summed E-state index contributed by atoms with van der Waals surface area (Å²) in [4.78, 5) is 27.0. The fourth-order valence-corrected chi connectivity index (χ4v) is 5.20. The molecule has 2 amide bonds. The molecule has 37 heavy (non-hydrogen) atoms. The maximum absolute atomic E-state index is 12.9. The van der Waals surface area contributed by atoms with Gasteiger partial charge in [-0.1, -0.05) is 77.8 Å². The van der Waals surface area contributed by atoms with E-state index in [9.17, 15) is 9.59 Å². The van der Waals surface area contributed by atoms with Gasteiger partial charge in [0.05, 0.1) is 11.4 Å². The lowest BCUT2D eigenvalue weighted by Crippen LogP contribution is -2.32. The fourth-order valence-electron chi connectivity index (χ4n) is 3.87. The molecule has 0 bridgehead atoms. The topological polar surface area (TPSA) is 55.8 Å². The maximum atomic E-state index is 12.9. The second-order valence-electron chi connectivity index (χ2n) is 8.25. The number of amides is 2. The number of hydrogen-bond acceptors (Lipinski definition) is 5. The number of thioether (sulfide) groups is 1. The highest BCUT2D eigenvalue weighted by molar-refractivity contribution is 8.18. The van der Waals surface area contributed by atoms with E-state index in [1.54, 1.807) is 30.3 Å². The molecule has 1 aliphatic heterocycles. The summed E-state index contributed by atoms with van der Waals surface area (Å²) in [5, 5.41) is 2.86. The molecule has 1 fully saturated rings. The summed E-state index contributed by atoms with van der Waals surface area (Å²) in [6, 6.07) is 26.3. The molecule has 5 rings (SSSR count). The third-order valence-electron chi connectivity index (χ3n) is 5.78. The summed E-state index contributed by atoms with van der Waals surface area (Å²) in [6.45, 7) is 0.684. The average molecular weight is 550 g/mol. The lowest BCUT2D eigenvalue weighted by molar-refractivity contribution is -0.123. The molecule has 0 atom stereocenters. The van der Waals surface area contributed by atoms with Gasteiger partial charge in [-0.25, -0.2) is 0 Å². The van der Waals surface area contributed by atoms with Gasteiger partial charge in [-0.15, -0.1) is 0 Å². The van der Waals surface area contributed by atoms with Crippen LogP contribution in [0.4, 0.5) is 4.79 Å². The van der Waals surface area contributed by atoms with Crippen LogP contribution in [0, 0.1) is 0 Å². The van der Waals surface area contributed by atoms with E-state index in [0.717, 1.165) is 39.4 Å². The van der Waals surface area contributed by atoms with E-state index in [1.165, 1.54) is 4.90 Å². The van der Waals surface area contributed by atoms with Crippen LogP contribution >= 0.6 is 35.0 Å². The molecule has 0 aliphatic carbocycles. The van der Waals surface area contributed by atoms with Crippen molar-refractivity contribution in [2.45, 2.75) is 6.61 Å². The number of benzene rings is 4. The number of fused-ring (bicyclic) bond motifs is 1. The van der Waals surface area contributed by atoms with Crippen LogP contribution < -0.4 is 9.47 Å². The zero-order chi connectivity index (χ0) is 25.8. The molecule has 0 aromatic heterocycles. The Balaban J connectivity index is 1.18. The Labute approximate surface area is 228 Å². The highest BCUT2D eigenvalue weighted by atomic mass is 35.5. The van der Waals surface area contributed by atoms with Gasteiger partial charge in [-0.2, -0.15) is 0 Å². The van der Waals surface area contributed by atoms with Crippen molar-refractivity contribution in [3.8, 4) is 11.5 Å².